The second-order valence-corrected chi connectivity index (χ2v) is 3.68. The molecular weight excluding hydrogens is 220 g/mol. The van der Waals surface area contributed by atoms with Crippen LogP contribution in [-0.2, 0) is 0 Å². The van der Waals surface area contributed by atoms with Crippen LogP contribution in [0, 0.1) is 17.9 Å². The van der Waals surface area contributed by atoms with Gasteiger partial charge in [-0.25, -0.2) is 4.85 Å². The van der Waals surface area contributed by atoms with E-state index in [1.165, 1.54) is 0 Å². The number of hydrogen-bond donors (Lipinski definition) is 0. The molecule has 0 radical (unpaired) electrons. The summed E-state index contributed by atoms with van der Waals surface area (Å²) in [4.78, 5) is 3.51. The standard InChI is InChI=1S/C16H10N2/c1-18-16(14-10-6-3-7-11-14)15(12-17)13-8-4-2-5-9-13/h2-11H/b16-15+. The van der Waals surface area contributed by atoms with Crippen LogP contribution in [0.2, 0.25) is 0 Å². The highest BCUT2D eigenvalue weighted by molar-refractivity contribution is 5.99. The summed E-state index contributed by atoms with van der Waals surface area (Å²) >= 11 is 0. The highest BCUT2D eigenvalue weighted by Crippen LogP contribution is 2.26. The molecule has 0 aliphatic heterocycles. The molecule has 18 heavy (non-hydrogen) atoms. The molecule has 0 aliphatic carbocycles. The zero-order valence-corrected chi connectivity index (χ0v) is 9.67. The van der Waals surface area contributed by atoms with Gasteiger partial charge in [-0.2, -0.15) is 5.26 Å². The molecule has 0 N–H and O–H groups in total. The molecule has 2 aromatic carbocycles. The predicted molar refractivity (Wildman–Crippen MR) is 71.9 cm³/mol. The molecule has 2 nitrogen and oxygen atoms in total. The number of rotatable bonds is 2. The van der Waals surface area contributed by atoms with E-state index in [1.54, 1.807) is 0 Å². The zero-order chi connectivity index (χ0) is 12.8. The summed E-state index contributed by atoms with van der Waals surface area (Å²) < 4.78 is 0. The van der Waals surface area contributed by atoms with Gasteiger partial charge in [0.25, 0.3) is 0 Å². The van der Waals surface area contributed by atoms with Crippen molar-refractivity contribution in [1.82, 2.24) is 0 Å². The average molecular weight is 230 g/mol. The van der Waals surface area contributed by atoms with E-state index in [0.29, 0.717) is 11.3 Å². The number of benzene rings is 2. The van der Waals surface area contributed by atoms with Crippen molar-refractivity contribution in [3.8, 4) is 6.07 Å². The van der Waals surface area contributed by atoms with Gasteiger partial charge in [0.1, 0.15) is 0 Å². The Bertz CT molecular complexity index is 581. The summed E-state index contributed by atoms with van der Waals surface area (Å²) in [5.74, 6) is 0. The Balaban J connectivity index is 2.63. The van der Waals surface area contributed by atoms with Crippen LogP contribution >= 0.6 is 0 Å². The van der Waals surface area contributed by atoms with E-state index in [1.807, 2.05) is 60.7 Å². The number of nitrogens with zero attached hydrogens (tertiary/aromatic N) is 2. The fourth-order valence-electron chi connectivity index (χ4n) is 1.72. The Hall–Kier alpha value is -2.84. The first-order chi connectivity index (χ1) is 8.86. The lowest BCUT2D eigenvalue weighted by Gasteiger charge is -2.03. The van der Waals surface area contributed by atoms with Gasteiger partial charge < -0.3 is 0 Å². The highest BCUT2D eigenvalue weighted by Gasteiger charge is 2.10. The summed E-state index contributed by atoms with van der Waals surface area (Å²) in [6, 6.07) is 20.7. The molecule has 0 atom stereocenters. The maximum absolute atomic E-state index is 9.29. The summed E-state index contributed by atoms with van der Waals surface area (Å²) in [5, 5.41) is 9.29. The van der Waals surface area contributed by atoms with E-state index >= 15 is 0 Å². The van der Waals surface area contributed by atoms with Crippen molar-refractivity contribution in [2.24, 2.45) is 0 Å². The Morgan fingerprint density at radius 2 is 1.39 bits per heavy atom. The summed E-state index contributed by atoms with van der Waals surface area (Å²) in [6.07, 6.45) is 0. The topological polar surface area (TPSA) is 28.1 Å². The molecule has 0 amide bonds. The third kappa shape index (κ3) is 2.29. The molecule has 2 rings (SSSR count). The summed E-state index contributed by atoms with van der Waals surface area (Å²) in [6.45, 7) is 7.30. The molecule has 84 valence electrons. The normalized spacial score (nSPS) is 11.0. The molecular formula is C16H10N2. The van der Waals surface area contributed by atoms with E-state index in [-0.39, 0.29) is 0 Å². The van der Waals surface area contributed by atoms with Crippen LogP contribution in [0.25, 0.3) is 16.1 Å². The Kier molecular flexibility index (Phi) is 3.54. The first-order valence-corrected chi connectivity index (χ1v) is 5.49. The molecule has 2 heteroatoms. The Morgan fingerprint density at radius 1 is 0.889 bits per heavy atom. The van der Waals surface area contributed by atoms with Crippen LogP contribution < -0.4 is 0 Å². The van der Waals surface area contributed by atoms with Crippen LogP contribution in [0.4, 0.5) is 0 Å². The minimum atomic E-state index is 0.393. The van der Waals surface area contributed by atoms with E-state index in [4.69, 9.17) is 6.57 Å². The van der Waals surface area contributed by atoms with E-state index in [2.05, 4.69) is 10.9 Å². The van der Waals surface area contributed by atoms with Crippen molar-refractivity contribution in [1.29, 1.82) is 5.26 Å². The number of allylic oxidation sites excluding steroid dienone is 1. The SMILES string of the molecule is [C-]#[N+]/C(=C(\C#N)c1ccccc1)c1ccccc1. The van der Waals surface area contributed by atoms with Crippen molar-refractivity contribution in [2.75, 3.05) is 0 Å². The first kappa shape index (κ1) is 11.6. The monoisotopic (exact) mass is 230 g/mol. The highest BCUT2D eigenvalue weighted by atomic mass is 14.7. The fourth-order valence-corrected chi connectivity index (χ4v) is 1.72. The molecule has 0 aromatic heterocycles. The van der Waals surface area contributed by atoms with Gasteiger partial charge in [0.15, 0.2) is 0 Å². The molecule has 0 saturated carbocycles. The van der Waals surface area contributed by atoms with Gasteiger partial charge >= 0.3 is 0 Å². The largest absolute Gasteiger partial charge is 0.236 e. The molecule has 0 aliphatic rings. The Morgan fingerprint density at radius 3 is 1.83 bits per heavy atom. The molecule has 0 bridgehead atoms. The van der Waals surface area contributed by atoms with Gasteiger partial charge in [-0.1, -0.05) is 60.7 Å². The van der Waals surface area contributed by atoms with Crippen molar-refractivity contribution in [3.05, 3.63) is 83.2 Å². The van der Waals surface area contributed by atoms with Gasteiger partial charge in [0, 0.05) is 0 Å². The molecule has 0 spiro atoms. The smallest absolute Gasteiger partial charge is 0.212 e. The van der Waals surface area contributed by atoms with Gasteiger partial charge in [-0.05, 0) is 11.1 Å². The number of nitriles is 1. The van der Waals surface area contributed by atoms with Crippen LogP contribution in [0.5, 0.6) is 0 Å². The number of hydrogen-bond acceptors (Lipinski definition) is 1. The van der Waals surface area contributed by atoms with Crippen LogP contribution in [0.15, 0.2) is 60.7 Å². The lowest BCUT2D eigenvalue weighted by atomic mass is 10.0. The van der Waals surface area contributed by atoms with Crippen LogP contribution in [0.3, 0.4) is 0 Å². The van der Waals surface area contributed by atoms with Gasteiger partial charge in [0.05, 0.1) is 18.2 Å². The van der Waals surface area contributed by atoms with Crippen LogP contribution in [0.1, 0.15) is 11.1 Å². The maximum Gasteiger partial charge on any atom is 0.212 e. The molecule has 0 saturated heterocycles. The second kappa shape index (κ2) is 5.48. The third-order valence-corrected chi connectivity index (χ3v) is 2.57. The molecule has 2 aromatic rings. The second-order valence-electron chi connectivity index (χ2n) is 3.68. The fraction of sp³-hybridized carbons (Fsp3) is 0. The van der Waals surface area contributed by atoms with E-state index in [9.17, 15) is 5.26 Å². The lowest BCUT2D eigenvalue weighted by Crippen LogP contribution is -1.87. The minimum absolute atomic E-state index is 0.393. The van der Waals surface area contributed by atoms with Crippen molar-refractivity contribution in [3.63, 3.8) is 0 Å². The van der Waals surface area contributed by atoms with Gasteiger partial charge in [-0.3, -0.25) is 0 Å². The maximum atomic E-state index is 9.29. The summed E-state index contributed by atoms with van der Waals surface area (Å²) in [5.41, 5.74) is 2.35. The van der Waals surface area contributed by atoms with Gasteiger partial charge in [-0.15, -0.1) is 0 Å². The van der Waals surface area contributed by atoms with Crippen molar-refractivity contribution in [2.45, 2.75) is 0 Å². The summed E-state index contributed by atoms with van der Waals surface area (Å²) in [7, 11) is 0. The van der Waals surface area contributed by atoms with Crippen LogP contribution in [-0.4, -0.2) is 0 Å². The van der Waals surface area contributed by atoms with E-state index in [0.717, 1.165) is 11.1 Å². The first-order valence-electron chi connectivity index (χ1n) is 5.49. The molecule has 0 unspecified atom stereocenters. The zero-order valence-electron chi connectivity index (χ0n) is 9.67. The lowest BCUT2D eigenvalue weighted by molar-refractivity contribution is 1.51. The predicted octanol–water partition coefficient (Wildman–Crippen LogP) is 4.00. The Labute approximate surface area is 106 Å². The van der Waals surface area contributed by atoms with Crippen molar-refractivity contribution < 1.29 is 0 Å². The van der Waals surface area contributed by atoms with Gasteiger partial charge in [0.2, 0.25) is 5.70 Å². The average Bonchev–Trinajstić information content (AvgIpc) is 2.46. The van der Waals surface area contributed by atoms with Crippen molar-refractivity contribution >= 4 is 11.3 Å². The third-order valence-electron chi connectivity index (χ3n) is 2.57. The minimum Gasteiger partial charge on any atom is -0.236 e. The quantitative estimate of drug-likeness (QED) is 0.435. The molecule has 0 fully saturated rings. The molecule has 0 heterocycles. The van der Waals surface area contributed by atoms with E-state index < -0.39 is 0 Å².